The summed E-state index contributed by atoms with van der Waals surface area (Å²) in [5.41, 5.74) is 3.79. The Bertz CT molecular complexity index is 1050. The normalized spacial score (nSPS) is 10.7. The van der Waals surface area contributed by atoms with Gasteiger partial charge in [0.05, 0.1) is 16.4 Å². The number of ether oxygens (including phenoxy) is 2. The van der Waals surface area contributed by atoms with Gasteiger partial charge in [-0.1, -0.05) is 53.2 Å². The van der Waals surface area contributed by atoms with Crippen molar-refractivity contribution in [2.24, 2.45) is 5.16 Å². The van der Waals surface area contributed by atoms with Crippen molar-refractivity contribution < 1.29 is 19.1 Å². The number of nitrogens with zero attached hydrogens (tertiary/aromatic N) is 1. The molecule has 3 rings (SSSR count). The van der Waals surface area contributed by atoms with Crippen molar-refractivity contribution in [1.82, 2.24) is 0 Å². The van der Waals surface area contributed by atoms with Crippen molar-refractivity contribution in [2.75, 3.05) is 18.5 Å². The van der Waals surface area contributed by atoms with Crippen LogP contribution >= 0.6 is 22.6 Å². The number of nitrogens with one attached hydrogen (secondary N) is 1. The minimum absolute atomic E-state index is 0.182. The van der Waals surface area contributed by atoms with E-state index in [0.717, 1.165) is 14.7 Å². The standard InChI is InChI=1S/C25H25IN2O4/c1-3-30-23-14-20(15-27-32-17-24(29)28-21-7-5-4-6-8-21)13-22(26)25(23)31-16-19-11-9-18(2)10-12-19/h4-15H,3,16-17H2,1-2H3,(H,28,29)/b27-15+. The molecule has 1 N–H and O–H groups in total. The van der Waals surface area contributed by atoms with Gasteiger partial charge in [0.1, 0.15) is 6.61 Å². The molecule has 1 amide bonds. The van der Waals surface area contributed by atoms with E-state index in [1.54, 1.807) is 18.3 Å². The largest absolute Gasteiger partial charge is 0.490 e. The molecular weight excluding hydrogens is 519 g/mol. The molecule has 0 radical (unpaired) electrons. The van der Waals surface area contributed by atoms with Crippen LogP contribution in [0.4, 0.5) is 5.69 Å². The molecule has 3 aromatic rings. The van der Waals surface area contributed by atoms with Crippen molar-refractivity contribution in [3.05, 3.63) is 87.0 Å². The topological polar surface area (TPSA) is 69.2 Å². The molecule has 7 heteroatoms. The van der Waals surface area contributed by atoms with Crippen LogP contribution in [0.2, 0.25) is 0 Å². The minimum atomic E-state index is -0.280. The fraction of sp³-hybridized carbons (Fsp3) is 0.200. The summed E-state index contributed by atoms with van der Waals surface area (Å²) in [4.78, 5) is 17.1. The first-order valence-electron chi connectivity index (χ1n) is 10.2. The minimum Gasteiger partial charge on any atom is -0.490 e. The van der Waals surface area contributed by atoms with Gasteiger partial charge in [0, 0.05) is 11.3 Å². The van der Waals surface area contributed by atoms with Crippen LogP contribution in [-0.4, -0.2) is 25.3 Å². The lowest BCUT2D eigenvalue weighted by molar-refractivity contribution is -0.120. The van der Waals surface area contributed by atoms with Crippen LogP contribution in [0.5, 0.6) is 11.5 Å². The summed E-state index contributed by atoms with van der Waals surface area (Å²) in [6.07, 6.45) is 1.55. The Hall–Kier alpha value is -3.07. The van der Waals surface area contributed by atoms with E-state index in [1.165, 1.54) is 5.56 Å². The number of rotatable bonds is 10. The van der Waals surface area contributed by atoms with E-state index in [9.17, 15) is 4.79 Å². The molecule has 0 saturated carbocycles. The highest BCUT2D eigenvalue weighted by atomic mass is 127. The number of carbonyl (C=O) groups is 1. The second-order valence-corrected chi connectivity index (χ2v) is 8.12. The van der Waals surface area contributed by atoms with Crippen molar-refractivity contribution in [3.63, 3.8) is 0 Å². The highest BCUT2D eigenvalue weighted by molar-refractivity contribution is 14.1. The van der Waals surface area contributed by atoms with Crippen LogP contribution in [0.3, 0.4) is 0 Å². The van der Waals surface area contributed by atoms with Gasteiger partial charge in [0.15, 0.2) is 18.1 Å². The first kappa shape index (κ1) is 23.6. The van der Waals surface area contributed by atoms with E-state index in [-0.39, 0.29) is 12.5 Å². The average Bonchev–Trinajstić information content (AvgIpc) is 2.78. The summed E-state index contributed by atoms with van der Waals surface area (Å²) in [7, 11) is 0. The summed E-state index contributed by atoms with van der Waals surface area (Å²) < 4.78 is 12.7. The maximum Gasteiger partial charge on any atom is 0.265 e. The lowest BCUT2D eigenvalue weighted by Gasteiger charge is -2.15. The zero-order valence-corrected chi connectivity index (χ0v) is 20.2. The Balaban J connectivity index is 1.60. The number of halogens is 1. The van der Waals surface area contributed by atoms with Gasteiger partial charge in [0.25, 0.3) is 5.91 Å². The molecule has 0 atom stereocenters. The lowest BCUT2D eigenvalue weighted by atomic mass is 10.2. The monoisotopic (exact) mass is 544 g/mol. The number of aryl methyl sites for hydroxylation is 1. The molecule has 32 heavy (non-hydrogen) atoms. The Morgan fingerprint density at radius 2 is 1.81 bits per heavy atom. The molecule has 0 saturated heterocycles. The van der Waals surface area contributed by atoms with E-state index in [2.05, 4.69) is 64.3 Å². The van der Waals surface area contributed by atoms with Gasteiger partial charge in [-0.2, -0.15) is 0 Å². The van der Waals surface area contributed by atoms with Crippen LogP contribution < -0.4 is 14.8 Å². The van der Waals surface area contributed by atoms with Crippen LogP contribution in [0.25, 0.3) is 0 Å². The van der Waals surface area contributed by atoms with Gasteiger partial charge in [-0.05, 0) is 66.3 Å². The molecule has 0 aliphatic carbocycles. The van der Waals surface area contributed by atoms with Crippen molar-refractivity contribution in [2.45, 2.75) is 20.5 Å². The third-order valence-corrected chi connectivity index (χ3v) is 5.17. The first-order chi connectivity index (χ1) is 15.5. The Labute approximate surface area is 201 Å². The molecule has 0 bridgehead atoms. The summed E-state index contributed by atoms with van der Waals surface area (Å²) >= 11 is 2.21. The SMILES string of the molecule is CCOc1cc(/C=N/OCC(=O)Nc2ccccc2)cc(I)c1OCc1ccc(C)cc1. The Morgan fingerprint density at radius 1 is 1.06 bits per heavy atom. The van der Waals surface area contributed by atoms with Gasteiger partial charge in [-0.3, -0.25) is 4.79 Å². The first-order valence-corrected chi connectivity index (χ1v) is 11.3. The molecule has 166 valence electrons. The molecule has 3 aromatic carbocycles. The van der Waals surface area contributed by atoms with Crippen LogP contribution in [0.15, 0.2) is 71.9 Å². The van der Waals surface area contributed by atoms with E-state index in [0.29, 0.717) is 30.4 Å². The third-order valence-electron chi connectivity index (χ3n) is 4.36. The molecule has 0 spiro atoms. The molecule has 6 nitrogen and oxygen atoms in total. The second-order valence-electron chi connectivity index (χ2n) is 6.96. The number of para-hydroxylation sites is 1. The zero-order valence-electron chi connectivity index (χ0n) is 18.0. The number of amides is 1. The number of benzene rings is 3. The number of carbonyl (C=O) groups excluding carboxylic acids is 1. The molecule has 0 fully saturated rings. The number of hydrogen-bond acceptors (Lipinski definition) is 5. The molecule has 0 aromatic heterocycles. The number of hydrogen-bond donors (Lipinski definition) is 1. The van der Waals surface area contributed by atoms with Crippen molar-refractivity contribution >= 4 is 40.4 Å². The highest BCUT2D eigenvalue weighted by Gasteiger charge is 2.12. The Kier molecular flexibility index (Phi) is 8.91. The maximum absolute atomic E-state index is 11.9. The van der Waals surface area contributed by atoms with Crippen LogP contribution in [0, 0.1) is 10.5 Å². The van der Waals surface area contributed by atoms with Gasteiger partial charge in [-0.15, -0.1) is 0 Å². The molecule has 0 aliphatic heterocycles. The number of anilines is 1. The fourth-order valence-electron chi connectivity index (χ4n) is 2.82. The van der Waals surface area contributed by atoms with Gasteiger partial charge >= 0.3 is 0 Å². The molecule has 0 heterocycles. The highest BCUT2D eigenvalue weighted by Crippen LogP contribution is 2.34. The van der Waals surface area contributed by atoms with Gasteiger partial charge in [-0.25, -0.2) is 0 Å². The van der Waals surface area contributed by atoms with Crippen molar-refractivity contribution in [3.8, 4) is 11.5 Å². The lowest BCUT2D eigenvalue weighted by Crippen LogP contribution is -2.16. The second kappa shape index (κ2) is 12.1. The summed E-state index contributed by atoms with van der Waals surface area (Å²) in [6.45, 7) is 4.75. The summed E-state index contributed by atoms with van der Waals surface area (Å²) in [6, 6.07) is 21.2. The van der Waals surface area contributed by atoms with Crippen LogP contribution in [0.1, 0.15) is 23.6 Å². The number of oxime groups is 1. The van der Waals surface area contributed by atoms with Gasteiger partial charge < -0.3 is 19.6 Å². The van der Waals surface area contributed by atoms with E-state index < -0.39 is 0 Å². The predicted octanol–water partition coefficient (Wildman–Crippen LogP) is 5.57. The van der Waals surface area contributed by atoms with E-state index in [1.807, 2.05) is 37.3 Å². The average molecular weight is 544 g/mol. The molecular formula is C25H25IN2O4. The quantitative estimate of drug-likeness (QED) is 0.206. The van der Waals surface area contributed by atoms with Crippen molar-refractivity contribution in [1.29, 1.82) is 0 Å². The third kappa shape index (κ3) is 7.26. The molecule has 0 aliphatic rings. The van der Waals surface area contributed by atoms with E-state index >= 15 is 0 Å². The van der Waals surface area contributed by atoms with Crippen LogP contribution in [-0.2, 0) is 16.2 Å². The fourth-order valence-corrected chi connectivity index (χ4v) is 3.60. The zero-order chi connectivity index (χ0) is 22.8. The summed E-state index contributed by atoms with van der Waals surface area (Å²) in [5, 5.41) is 6.65. The van der Waals surface area contributed by atoms with Gasteiger partial charge in [0.2, 0.25) is 0 Å². The maximum atomic E-state index is 11.9. The molecule has 0 unspecified atom stereocenters. The Morgan fingerprint density at radius 3 is 2.53 bits per heavy atom. The summed E-state index contributed by atoms with van der Waals surface area (Å²) in [5.74, 6) is 1.04. The van der Waals surface area contributed by atoms with E-state index in [4.69, 9.17) is 14.3 Å². The predicted molar refractivity (Wildman–Crippen MR) is 134 cm³/mol. The smallest absolute Gasteiger partial charge is 0.265 e.